The molecule has 0 fully saturated rings. The summed E-state index contributed by atoms with van der Waals surface area (Å²) in [6.45, 7) is 14.6. The van der Waals surface area contributed by atoms with E-state index in [1.807, 2.05) is 39.0 Å². The summed E-state index contributed by atoms with van der Waals surface area (Å²) in [5, 5.41) is 15.2. The van der Waals surface area contributed by atoms with Crippen molar-refractivity contribution in [3.63, 3.8) is 0 Å². The molecule has 8 nitrogen and oxygen atoms in total. The van der Waals surface area contributed by atoms with Gasteiger partial charge in [0.1, 0.15) is 17.7 Å². The Balaban J connectivity index is 3.34. The van der Waals surface area contributed by atoms with Gasteiger partial charge in [-0.25, -0.2) is 4.79 Å². The number of aliphatic hydroxyl groups excluding tert-OH is 1. The number of alkyl carbamates (subject to hydrolysis) is 1. The van der Waals surface area contributed by atoms with E-state index in [4.69, 9.17) is 4.74 Å². The van der Waals surface area contributed by atoms with Gasteiger partial charge in [-0.3, -0.25) is 9.59 Å². The number of carbonyl (C=O) groups excluding carboxylic acids is 3. The lowest BCUT2D eigenvalue weighted by Gasteiger charge is -2.33. The molecule has 0 aliphatic rings. The molecule has 0 saturated heterocycles. The van der Waals surface area contributed by atoms with Crippen LogP contribution in [0.25, 0.3) is 0 Å². The van der Waals surface area contributed by atoms with Gasteiger partial charge in [-0.15, -0.1) is 6.58 Å². The van der Waals surface area contributed by atoms with Gasteiger partial charge < -0.3 is 25.4 Å². The topological polar surface area (TPSA) is 108 Å². The zero-order valence-electron chi connectivity index (χ0n) is 20.7. The van der Waals surface area contributed by atoms with Crippen LogP contribution in [0.15, 0.2) is 30.9 Å². The van der Waals surface area contributed by atoms with Gasteiger partial charge in [-0.1, -0.05) is 48.7 Å². The number of nitrogens with one attached hydrogen (secondary N) is 2. The molecule has 0 radical (unpaired) electrons. The molecule has 0 saturated carbocycles. The maximum Gasteiger partial charge on any atom is 0.408 e. The van der Waals surface area contributed by atoms with Crippen LogP contribution in [0.5, 0.6) is 0 Å². The van der Waals surface area contributed by atoms with Crippen molar-refractivity contribution in [1.29, 1.82) is 0 Å². The molecule has 2 atom stereocenters. The first-order chi connectivity index (χ1) is 15.4. The molecule has 2 unspecified atom stereocenters. The predicted octanol–water partition coefficient (Wildman–Crippen LogP) is 3.16. The fraction of sp³-hybridized carbons (Fsp3) is 0.560. The van der Waals surface area contributed by atoms with Crippen molar-refractivity contribution >= 4 is 17.9 Å². The first-order valence-electron chi connectivity index (χ1n) is 11.3. The van der Waals surface area contributed by atoms with E-state index in [0.29, 0.717) is 12.1 Å². The maximum absolute atomic E-state index is 13.5. The third-order valence-electron chi connectivity index (χ3n) is 4.73. The second-order valence-corrected chi connectivity index (χ2v) is 9.13. The minimum atomic E-state index is -1.28. The molecule has 0 aromatic heterocycles. The average Bonchev–Trinajstić information content (AvgIpc) is 2.69. The van der Waals surface area contributed by atoms with Gasteiger partial charge in [0.2, 0.25) is 11.8 Å². The molecule has 8 heteroatoms. The predicted molar refractivity (Wildman–Crippen MR) is 129 cm³/mol. The monoisotopic (exact) mass is 461 g/mol. The van der Waals surface area contributed by atoms with Crippen LogP contribution in [0.4, 0.5) is 4.79 Å². The van der Waals surface area contributed by atoms with E-state index in [-0.39, 0.29) is 12.5 Å². The molecule has 0 heterocycles. The average molecular weight is 462 g/mol. The van der Waals surface area contributed by atoms with Gasteiger partial charge in [0.25, 0.3) is 0 Å². The molecule has 1 rings (SSSR count). The summed E-state index contributed by atoms with van der Waals surface area (Å²) in [5.74, 6) is -0.948. The number of benzene rings is 1. The van der Waals surface area contributed by atoms with Gasteiger partial charge in [0.15, 0.2) is 0 Å². The number of unbranched alkanes of at least 4 members (excludes halogenated alkanes) is 1. The number of amides is 3. The summed E-state index contributed by atoms with van der Waals surface area (Å²) >= 11 is 0. The molecule has 184 valence electrons. The molecule has 0 aliphatic carbocycles. The van der Waals surface area contributed by atoms with E-state index in [1.165, 1.54) is 11.0 Å². The maximum atomic E-state index is 13.5. The zero-order valence-corrected chi connectivity index (χ0v) is 20.7. The first kappa shape index (κ1) is 28.2. The van der Waals surface area contributed by atoms with Gasteiger partial charge in [-0.05, 0) is 46.6 Å². The molecule has 3 N–H and O–H groups in total. The molecule has 1 aromatic carbocycles. The van der Waals surface area contributed by atoms with Crippen LogP contribution < -0.4 is 10.6 Å². The second-order valence-electron chi connectivity index (χ2n) is 9.13. The van der Waals surface area contributed by atoms with E-state index in [1.54, 1.807) is 20.8 Å². The highest BCUT2D eigenvalue weighted by molar-refractivity contribution is 5.92. The molecule has 0 bridgehead atoms. The Morgan fingerprint density at radius 2 is 1.79 bits per heavy atom. The van der Waals surface area contributed by atoms with Crippen molar-refractivity contribution in [2.45, 2.75) is 72.1 Å². The summed E-state index contributed by atoms with van der Waals surface area (Å²) in [5.41, 5.74) is 1.78. The standard InChI is InChI=1S/C25H39N3O5/c1-8-10-11-26-22(30)21(19-14-17(3)13-18(4)15-19)28(12-9-2)23(31)20(16-29)27-24(32)33-25(5,6)7/h9,13-15,20-21,29H,2,8,10-12,16H2,1,3-7H3,(H,26,30)(H,27,32). The normalized spacial score (nSPS) is 12.9. The van der Waals surface area contributed by atoms with E-state index < -0.39 is 36.3 Å². The second kappa shape index (κ2) is 13.0. The Kier molecular flexibility index (Phi) is 11.1. The van der Waals surface area contributed by atoms with Crippen LogP contribution in [-0.4, -0.2) is 59.3 Å². The van der Waals surface area contributed by atoms with E-state index in [2.05, 4.69) is 17.2 Å². The SMILES string of the molecule is C=CCN(C(=O)C(CO)NC(=O)OC(C)(C)C)C(C(=O)NCCCC)c1cc(C)cc(C)c1. The summed E-state index contributed by atoms with van der Waals surface area (Å²) in [4.78, 5) is 40.3. The van der Waals surface area contributed by atoms with E-state index in [0.717, 1.165) is 24.0 Å². The number of rotatable bonds is 11. The quantitative estimate of drug-likeness (QED) is 0.347. The first-order valence-corrected chi connectivity index (χ1v) is 11.3. The molecule has 1 aromatic rings. The van der Waals surface area contributed by atoms with Gasteiger partial charge >= 0.3 is 6.09 Å². The lowest BCUT2D eigenvalue weighted by Crippen LogP contribution is -2.54. The van der Waals surface area contributed by atoms with Gasteiger partial charge in [0, 0.05) is 13.1 Å². The third kappa shape index (κ3) is 9.26. The number of carbonyl (C=O) groups is 3. The van der Waals surface area contributed by atoms with E-state index in [9.17, 15) is 19.5 Å². The van der Waals surface area contributed by atoms with Crippen molar-refractivity contribution in [1.82, 2.24) is 15.5 Å². The minimum Gasteiger partial charge on any atom is -0.444 e. The number of ether oxygens (including phenoxy) is 1. The molecule has 0 spiro atoms. The third-order valence-corrected chi connectivity index (χ3v) is 4.73. The fourth-order valence-electron chi connectivity index (χ4n) is 3.42. The number of hydrogen-bond donors (Lipinski definition) is 3. The molecule has 3 amide bonds. The van der Waals surface area contributed by atoms with Crippen LogP contribution >= 0.6 is 0 Å². The number of aliphatic hydroxyl groups is 1. The Morgan fingerprint density at radius 3 is 2.27 bits per heavy atom. The Hall–Kier alpha value is -2.87. The van der Waals surface area contributed by atoms with Crippen molar-refractivity contribution < 1.29 is 24.2 Å². The summed E-state index contributed by atoms with van der Waals surface area (Å²) in [6, 6.07) is 3.46. The Labute approximate surface area is 197 Å². The number of nitrogens with zero attached hydrogens (tertiary/aromatic N) is 1. The smallest absolute Gasteiger partial charge is 0.408 e. The summed E-state index contributed by atoms with van der Waals surface area (Å²) in [6.07, 6.45) is 2.40. The largest absolute Gasteiger partial charge is 0.444 e. The number of aryl methyl sites for hydroxylation is 2. The molecule has 33 heavy (non-hydrogen) atoms. The lowest BCUT2D eigenvalue weighted by atomic mass is 9.98. The van der Waals surface area contributed by atoms with Crippen LogP contribution in [0, 0.1) is 13.8 Å². The molecular formula is C25H39N3O5. The Morgan fingerprint density at radius 1 is 1.18 bits per heavy atom. The fourth-order valence-corrected chi connectivity index (χ4v) is 3.42. The van der Waals surface area contributed by atoms with Crippen molar-refractivity contribution in [2.75, 3.05) is 19.7 Å². The van der Waals surface area contributed by atoms with Gasteiger partial charge in [0.05, 0.1) is 6.61 Å². The van der Waals surface area contributed by atoms with Crippen molar-refractivity contribution in [3.05, 3.63) is 47.5 Å². The summed E-state index contributed by atoms with van der Waals surface area (Å²) in [7, 11) is 0. The van der Waals surface area contributed by atoms with Crippen LogP contribution in [0.3, 0.4) is 0 Å². The van der Waals surface area contributed by atoms with Crippen molar-refractivity contribution in [3.8, 4) is 0 Å². The molecule has 0 aliphatic heterocycles. The van der Waals surface area contributed by atoms with Gasteiger partial charge in [-0.2, -0.15) is 0 Å². The molecular weight excluding hydrogens is 422 g/mol. The van der Waals surface area contributed by atoms with Crippen LogP contribution in [0.1, 0.15) is 63.3 Å². The van der Waals surface area contributed by atoms with E-state index >= 15 is 0 Å². The highest BCUT2D eigenvalue weighted by atomic mass is 16.6. The zero-order chi connectivity index (χ0) is 25.2. The highest BCUT2D eigenvalue weighted by Crippen LogP contribution is 2.25. The lowest BCUT2D eigenvalue weighted by molar-refractivity contribution is -0.142. The van der Waals surface area contributed by atoms with Crippen LogP contribution in [-0.2, 0) is 14.3 Å². The minimum absolute atomic E-state index is 0.0458. The van der Waals surface area contributed by atoms with Crippen LogP contribution in [0.2, 0.25) is 0 Å². The highest BCUT2D eigenvalue weighted by Gasteiger charge is 2.35. The Bertz CT molecular complexity index is 812. The summed E-state index contributed by atoms with van der Waals surface area (Å²) < 4.78 is 5.22. The van der Waals surface area contributed by atoms with Crippen molar-refractivity contribution in [2.24, 2.45) is 0 Å². The number of hydrogen-bond acceptors (Lipinski definition) is 5.